The molecule has 1 unspecified atom stereocenters. The quantitative estimate of drug-likeness (QED) is 0.869. The Balaban J connectivity index is 2.98. The van der Waals surface area contributed by atoms with Crippen LogP contribution in [0.1, 0.15) is 31.6 Å². The van der Waals surface area contributed by atoms with Crippen LogP contribution in [0.25, 0.3) is 0 Å². The van der Waals surface area contributed by atoms with E-state index < -0.39 is 0 Å². The zero-order valence-corrected chi connectivity index (χ0v) is 10.3. The number of nitrogens with zero attached hydrogens (tertiary/aromatic N) is 2. The largest absolute Gasteiger partial charge is 0.322 e. The zero-order valence-electron chi connectivity index (χ0n) is 8.70. The lowest BCUT2D eigenvalue weighted by Gasteiger charge is -2.16. The molecule has 1 aromatic rings. The van der Waals surface area contributed by atoms with Crippen LogP contribution in [0.15, 0.2) is 6.20 Å². The lowest BCUT2D eigenvalue weighted by molar-refractivity contribution is 0.495. The minimum Gasteiger partial charge on any atom is -0.322 e. The summed E-state index contributed by atoms with van der Waals surface area (Å²) in [4.78, 5) is 0. The summed E-state index contributed by atoms with van der Waals surface area (Å²) in [7, 11) is 0. The van der Waals surface area contributed by atoms with Crippen LogP contribution in [0.5, 0.6) is 0 Å². The van der Waals surface area contributed by atoms with Crippen molar-refractivity contribution in [3.63, 3.8) is 0 Å². The Kier molecular flexibility index (Phi) is 4.29. The van der Waals surface area contributed by atoms with Crippen molar-refractivity contribution in [3.8, 4) is 0 Å². The summed E-state index contributed by atoms with van der Waals surface area (Å²) >= 11 is 7.76. The SMILES string of the molecule is CSCC(N)c1c(Cl)cnn1C(C)C. The van der Waals surface area contributed by atoms with Crippen LogP contribution in [0.2, 0.25) is 5.02 Å². The molecule has 1 aromatic heterocycles. The maximum Gasteiger partial charge on any atom is 0.0834 e. The van der Waals surface area contributed by atoms with Gasteiger partial charge in [0.25, 0.3) is 0 Å². The molecule has 5 heteroatoms. The van der Waals surface area contributed by atoms with Gasteiger partial charge in [0.1, 0.15) is 0 Å². The third kappa shape index (κ3) is 2.43. The molecule has 1 heterocycles. The number of halogens is 1. The van der Waals surface area contributed by atoms with Gasteiger partial charge in [0.15, 0.2) is 0 Å². The molecular formula is C9H16ClN3S. The molecule has 14 heavy (non-hydrogen) atoms. The van der Waals surface area contributed by atoms with Crippen molar-refractivity contribution >= 4 is 23.4 Å². The van der Waals surface area contributed by atoms with Crippen molar-refractivity contribution in [1.82, 2.24) is 9.78 Å². The number of nitrogens with two attached hydrogens (primary N) is 1. The van der Waals surface area contributed by atoms with Crippen LogP contribution in [0, 0.1) is 0 Å². The first-order valence-corrected chi connectivity index (χ1v) is 6.32. The van der Waals surface area contributed by atoms with Gasteiger partial charge in [0, 0.05) is 11.8 Å². The van der Waals surface area contributed by atoms with E-state index in [0.717, 1.165) is 11.4 Å². The fraction of sp³-hybridized carbons (Fsp3) is 0.667. The van der Waals surface area contributed by atoms with Crippen molar-refractivity contribution < 1.29 is 0 Å². The van der Waals surface area contributed by atoms with E-state index in [-0.39, 0.29) is 6.04 Å². The van der Waals surface area contributed by atoms with E-state index in [2.05, 4.69) is 18.9 Å². The second kappa shape index (κ2) is 5.05. The van der Waals surface area contributed by atoms with Gasteiger partial charge in [-0.15, -0.1) is 0 Å². The Morgan fingerprint density at radius 3 is 2.79 bits per heavy atom. The first-order valence-electron chi connectivity index (χ1n) is 4.55. The predicted molar refractivity (Wildman–Crippen MR) is 62.9 cm³/mol. The fourth-order valence-corrected chi connectivity index (χ4v) is 2.16. The van der Waals surface area contributed by atoms with Crippen molar-refractivity contribution in [3.05, 3.63) is 16.9 Å². The van der Waals surface area contributed by atoms with E-state index in [1.807, 2.05) is 10.9 Å². The highest BCUT2D eigenvalue weighted by atomic mass is 35.5. The highest BCUT2D eigenvalue weighted by molar-refractivity contribution is 7.98. The molecule has 0 aromatic carbocycles. The Morgan fingerprint density at radius 1 is 1.64 bits per heavy atom. The first kappa shape index (κ1) is 11.9. The van der Waals surface area contributed by atoms with Crippen LogP contribution in [0.4, 0.5) is 0 Å². The second-order valence-electron chi connectivity index (χ2n) is 3.48. The summed E-state index contributed by atoms with van der Waals surface area (Å²) in [6, 6.07) is 0.257. The summed E-state index contributed by atoms with van der Waals surface area (Å²) in [5, 5.41) is 4.88. The molecule has 0 radical (unpaired) electrons. The van der Waals surface area contributed by atoms with Gasteiger partial charge < -0.3 is 5.73 Å². The predicted octanol–water partition coefficient (Wildman–Crippen LogP) is 2.48. The molecule has 0 aliphatic heterocycles. The van der Waals surface area contributed by atoms with Crippen molar-refractivity contribution in [2.75, 3.05) is 12.0 Å². The lowest BCUT2D eigenvalue weighted by atomic mass is 10.2. The molecule has 1 atom stereocenters. The minimum absolute atomic E-state index is 0.0394. The van der Waals surface area contributed by atoms with E-state index in [1.165, 1.54) is 0 Å². The summed E-state index contributed by atoms with van der Waals surface area (Å²) in [5.41, 5.74) is 6.96. The maximum atomic E-state index is 6.05. The molecule has 0 amide bonds. The molecule has 2 N–H and O–H groups in total. The number of thioether (sulfide) groups is 1. The standard InChI is InChI=1S/C9H16ClN3S/c1-6(2)13-9(7(10)4-12-13)8(11)5-14-3/h4,6,8H,5,11H2,1-3H3. The summed E-state index contributed by atoms with van der Waals surface area (Å²) in [6.45, 7) is 4.14. The average molecular weight is 234 g/mol. The van der Waals surface area contributed by atoms with Crippen LogP contribution >= 0.6 is 23.4 Å². The van der Waals surface area contributed by atoms with Crippen molar-refractivity contribution in [1.29, 1.82) is 0 Å². The smallest absolute Gasteiger partial charge is 0.0834 e. The molecule has 0 aliphatic rings. The van der Waals surface area contributed by atoms with E-state index in [0.29, 0.717) is 11.1 Å². The van der Waals surface area contributed by atoms with Gasteiger partial charge >= 0.3 is 0 Å². The minimum atomic E-state index is -0.0394. The summed E-state index contributed by atoms with van der Waals surface area (Å²) in [5.74, 6) is 0.859. The van der Waals surface area contributed by atoms with Crippen LogP contribution in [-0.2, 0) is 0 Å². The molecule has 80 valence electrons. The third-order valence-corrected chi connectivity index (χ3v) is 2.96. The normalized spacial score (nSPS) is 13.6. The monoisotopic (exact) mass is 233 g/mol. The van der Waals surface area contributed by atoms with Crippen LogP contribution in [-0.4, -0.2) is 21.8 Å². The highest BCUT2D eigenvalue weighted by Gasteiger charge is 2.17. The van der Waals surface area contributed by atoms with Crippen molar-refractivity contribution in [2.45, 2.75) is 25.9 Å². The van der Waals surface area contributed by atoms with E-state index in [9.17, 15) is 0 Å². The van der Waals surface area contributed by atoms with Gasteiger partial charge in [-0.05, 0) is 20.1 Å². The molecule has 0 spiro atoms. The van der Waals surface area contributed by atoms with E-state index in [1.54, 1.807) is 18.0 Å². The number of aromatic nitrogens is 2. The second-order valence-corrected chi connectivity index (χ2v) is 4.80. The highest BCUT2D eigenvalue weighted by Crippen LogP contribution is 2.25. The van der Waals surface area contributed by atoms with Gasteiger partial charge in [0.05, 0.1) is 23.0 Å². The molecule has 0 fully saturated rings. The maximum absolute atomic E-state index is 6.05. The molecule has 0 bridgehead atoms. The molecule has 3 nitrogen and oxygen atoms in total. The Labute approximate surface area is 94.0 Å². The number of rotatable bonds is 4. The van der Waals surface area contributed by atoms with Gasteiger partial charge in [0.2, 0.25) is 0 Å². The Morgan fingerprint density at radius 2 is 2.29 bits per heavy atom. The number of hydrogen-bond acceptors (Lipinski definition) is 3. The molecule has 1 rings (SSSR count). The molecular weight excluding hydrogens is 218 g/mol. The Hall–Kier alpha value is -0.190. The van der Waals surface area contributed by atoms with Crippen molar-refractivity contribution in [2.24, 2.45) is 5.73 Å². The third-order valence-electron chi connectivity index (χ3n) is 1.97. The zero-order chi connectivity index (χ0) is 10.7. The number of hydrogen-bond donors (Lipinski definition) is 1. The first-order chi connectivity index (χ1) is 6.57. The molecule has 0 aliphatic carbocycles. The fourth-order valence-electron chi connectivity index (χ4n) is 1.37. The van der Waals surface area contributed by atoms with Crippen LogP contribution in [0.3, 0.4) is 0 Å². The van der Waals surface area contributed by atoms with Gasteiger partial charge in [-0.25, -0.2) is 0 Å². The topological polar surface area (TPSA) is 43.8 Å². The van der Waals surface area contributed by atoms with Gasteiger partial charge in [-0.3, -0.25) is 4.68 Å². The Bertz CT molecular complexity index is 298. The van der Waals surface area contributed by atoms with Gasteiger partial charge in [-0.2, -0.15) is 16.9 Å². The van der Waals surface area contributed by atoms with E-state index >= 15 is 0 Å². The van der Waals surface area contributed by atoms with Gasteiger partial charge in [-0.1, -0.05) is 11.6 Å². The lowest BCUT2D eigenvalue weighted by Crippen LogP contribution is -2.19. The van der Waals surface area contributed by atoms with Crippen LogP contribution < -0.4 is 5.73 Å². The van der Waals surface area contributed by atoms with E-state index in [4.69, 9.17) is 17.3 Å². The summed E-state index contributed by atoms with van der Waals surface area (Å²) in [6.07, 6.45) is 3.70. The summed E-state index contributed by atoms with van der Waals surface area (Å²) < 4.78 is 1.89. The molecule has 0 saturated heterocycles. The average Bonchev–Trinajstić information content (AvgIpc) is 2.47. The molecule has 0 saturated carbocycles.